The Bertz CT molecular complexity index is 1070. The Hall–Kier alpha value is -2.76. The maximum atomic E-state index is 12.4. The lowest BCUT2D eigenvalue weighted by molar-refractivity contribution is -0.110. The minimum atomic E-state index is -0.434. The van der Waals surface area contributed by atoms with Gasteiger partial charge in [-0.15, -0.1) is 0 Å². The average molecular weight is 387 g/mol. The zero-order chi connectivity index (χ0) is 18.4. The summed E-state index contributed by atoms with van der Waals surface area (Å²) in [7, 11) is 0. The first-order valence-electron chi connectivity index (χ1n) is 7.72. The van der Waals surface area contributed by atoms with E-state index >= 15 is 0 Å². The van der Waals surface area contributed by atoms with Crippen LogP contribution in [0.5, 0.6) is 0 Å². The van der Waals surface area contributed by atoms with E-state index in [1.54, 1.807) is 37.3 Å². The minimum absolute atomic E-state index is 0.114. The number of hydrogen-bond acceptors (Lipinski definition) is 4. The van der Waals surface area contributed by atoms with E-state index in [1.807, 2.05) is 12.1 Å². The van der Waals surface area contributed by atoms with Crippen LogP contribution >= 0.6 is 23.2 Å². The van der Waals surface area contributed by atoms with E-state index in [0.29, 0.717) is 27.0 Å². The third kappa shape index (κ3) is 2.75. The van der Waals surface area contributed by atoms with Crippen molar-refractivity contribution in [2.45, 2.75) is 6.92 Å². The van der Waals surface area contributed by atoms with Gasteiger partial charge in [0, 0.05) is 22.2 Å². The highest BCUT2D eigenvalue weighted by Gasteiger charge is 2.31. The number of amides is 1. The highest BCUT2D eigenvalue weighted by atomic mass is 35.5. The largest absolute Gasteiger partial charge is 0.504 e. The van der Waals surface area contributed by atoms with Crippen LogP contribution in [0.1, 0.15) is 17.0 Å². The van der Waals surface area contributed by atoms with Crippen molar-refractivity contribution >= 4 is 46.1 Å². The minimum Gasteiger partial charge on any atom is -0.504 e. The van der Waals surface area contributed by atoms with Gasteiger partial charge >= 0.3 is 0 Å². The number of fused-ring (bicyclic) bond motifs is 1. The first-order chi connectivity index (χ1) is 12.4. The van der Waals surface area contributed by atoms with Gasteiger partial charge < -0.3 is 14.9 Å². The smallest absolute Gasteiger partial charge is 0.260 e. The molecule has 0 bridgehead atoms. The quantitative estimate of drug-likeness (QED) is 0.460. The lowest BCUT2D eigenvalue weighted by Crippen LogP contribution is -2.05. The van der Waals surface area contributed by atoms with Crippen molar-refractivity contribution in [1.29, 1.82) is 0 Å². The number of halogens is 2. The first-order valence-corrected chi connectivity index (χ1v) is 8.48. The van der Waals surface area contributed by atoms with Gasteiger partial charge in [0.2, 0.25) is 5.76 Å². The number of nitrogens with zero attached hydrogens (tertiary/aromatic N) is 1. The SMILES string of the molecule is Cc1cc(C(O)=C2C(=O)Nc3cc(Cl)c(-c4ccc(Cl)cc4)cc32)on1. The lowest BCUT2D eigenvalue weighted by Gasteiger charge is -2.08. The number of rotatable bonds is 2. The van der Waals surface area contributed by atoms with Crippen LogP contribution in [0.3, 0.4) is 0 Å². The van der Waals surface area contributed by atoms with E-state index in [-0.39, 0.29) is 17.1 Å². The fourth-order valence-corrected chi connectivity index (χ4v) is 3.27. The van der Waals surface area contributed by atoms with Gasteiger partial charge in [-0.3, -0.25) is 4.79 Å². The molecule has 2 aromatic carbocycles. The monoisotopic (exact) mass is 386 g/mol. The zero-order valence-electron chi connectivity index (χ0n) is 13.5. The Balaban J connectivity index is 1.90. The molecule has 0 unspecified atom stereocenters. The maximum Gasteiger partial charge on any atom is 0.260 e. The summed E-state index contributed by atoms with van der Waals surface area (Å²) in [5.74, 6) is -0.578. The molecule has 0 fully saturated rings. The Morgan fingerprint density at radius 3 is 2.50 bits per heavy atom. The van der Waals surface area contributed by atoms with E-state index in [2.05, 4.69) is 10.5 Å². The topological polar surface area (TPSA) is 75.4 Å². The number of aliphatic hydroxyl groups is 1. The fraction of sp³-hybridized carbons (Fsp3) is 0.0526. The second-order valence-electron chi connectivity index (χ2n) is 5.89. The van der Waals surface area contributed by atoms with E-state index < -0.39 is 5.91 Å². The van der Waals surface area contributed by atoms with Gasteiger partial charge in [0.15, 0.2) is 5.76 Å². The van der Waals surface area contributed by atoms with Crippen LogP contribution < -0.4 is 5.32 Å². The van der Waals surface area contributed by atoms with E-state index in [4.69, 9.17) is 27.7 Å². The van der Waals surface area contributed by atoms with E-state index in [0.717, 1.165) is 11.1 Å². The van der Waals surface area contributed by atoms with Gasteiger partial charge in [0.1, 0.15) is 0 Å². The Morgan fingerprint density at radius 2 is 1.85 bits per heavy atom. The third-order valence-electron chi connectivity index (χ3n) is 4.11. The second kappa shape index (κ2) is 6.20. The number of anilines is 1. The van der Waals surface area contributed by atoms with Crippen molar-refractivity contribution in [3.8, 4) is 11.1 Å². The van der Waals surface area contributed by atoms with E-state index in [1.165, 1.54) is 0 Å². The molecule has 0 radical (unpaired) electrons. The van der Waals surface area contributed by atoms with Gasteiger partial charge in [-0.2, -0.15) is 0 Å². The zero-order valence-corrected chi connectivity index (χ0v) is 15.0. The molecule has 3 aromatic rings. The summed E-state index contributed by atoms with van der Waals surface area (Å²) in [6.07, 6.45) is 0. The Morgan fingerprint density at radius 1 is 1.12 bits per heavy atom. The Labute approximate surface area is 158 Å². The number of aromatic nitrogens is 1. The average Bonchev–Trinajstić information content (AvgIpc) is 3.17. The molecule has 0 atom stereocenters. The van der Waals surface area contributed by atoms with Crippen molar-refractivity contribution in [1.82, 2.24) is 5.16 Å². The molecule has 1 aromatic heterocycles. The van der Waals surface area contributed by atoms with Gasteiger partial charge in [-0.1, -0.05) is 40.5 Å². The molecule has 1 aliphatic heterocycles. The summed E-state index contributed by atoms with van der Waals surface area (Å²) in [6, 6.07) is 12.2. The maximum absolute atomic E-state index is 12.4. The van der Waals surface area contributed by atoms with Crippen molar-refractivity contribution in [3.63, 3.8) is 0 Å². The van der Waals surface area contributed by atoms with E-state index in [9.17, 15) is 9.90 Å². The van der Waals surface area contributed by atoms with Gasteiger partial charge in [0.05, 0.1) is 22.0 Å². The van der Waals surface area contributed by atoms with Crippen LogP contribution in [0, 0.1) is 6.92 Å². The van der Waals surface area contributed by atoms with Crippen molar-refractivity contribution in [3.05, 3.63) is 69.5 Å². The molecule has 0 saturated heterocycles. The standard InChI is InChI=1S/C19H12Cl2N2O3/c1-9-6-16(26-23-9)18(24)17-13-7-12(10-2-4-11(20)5-3-10)14(21)8-15(13)22-19(17)25/h2-8,24H,1H3,(H,22,25). The molecule has 0 spiro atoms. The molecule has 1 aliphatic rings. The molecule has 2 heterocycles. The third-order valence-corrected chi connectivity index (χ3v) is 4.67. The van der Waals surface area contributed by atoms with Crippen LogP contribution in [-0.4, -0.2) is 16.2 Å². The van der Waals surface area contributed by atoms with Crippen molar-refractivity contribution in [2.24, 2.45) is 0 Å². The fourth-order valence-electron chi connectivity index (χ4n) is 2.87. The number of nitrogens with one attached hydrogen (secondary N) is 1. The predicted octanol–water partition coefficient (Wildman–Crippen LogP) is 5.34. The normalized spacial score (nSPS) is 15.0. The molecular formula is C19H12Cl2N2O3. The number of hydrogen-bond donors (Lipinski definition) is 2. The van der Waals surface area contributed by atoms with Gasteiger partial charge in [0.25, 0.3) is 5.91 Å². The molecule has 5 nitrogen and oxygen atoms in total. The van der Waals surface area contributed by atoms with Crippen LogP contribution in [0.4, 0.5) is 5.69 Å². The summed E-state index contributed by atoms with van der Waals surface area (Å²) < 4.78 is 5.08. The van der Waals surface area contributed by atoms with Crippen LogP contribution in [0.25, 0.3) is 22.5 Å². The van der Waals surface area contributed by atoms with Gasteiger partial charge in [-0.25, -0.2) is 0 Å². The molecule has 0 saturated carbocycles. The molecule has 4 rings (SSSR count). The first kappa shape index (κ1) is 16.7. The highest BCUT2D eigenvalue weighted by Crippen LogP contribution is 2.42. The number of aryl methyl sites for hydroxylation is 1. The lowest BCUT2D eigenvalue weighted by atomic mass is 9.98. The van der Waals surface area contributed by atoms with Crippen molar-refractivity contribution in [2.75, 3.05) is 5.32 Å². The van der Waals surface area contributed by atoms with Crippen LogP contribution in [0.2, 0.25) is 10.0 Å². The molecule has 7 heteroatoms. The summed E-state index contributed by atoms with van der Waals surface area (Å²) in [6.45, 7) is 1.73. The number of carbonyl (C=O) groups excluding carboxylic acids is 1. The highest BCUT2D eigenvalue weighted by molar-refractivity contribution is 6.38. The predicted molar refractivity (Wildman–Crippen MR) is 101 cm³/mol. The van der Waals surface area contributed by atoms with Crippen LogP contribution in [-0.2, 0) is 4.79 Å². The number of carbonyl (C=O) groups is 1. The number of aliphatic hydroxyl groups excluding tert-OH is 1. The van der Waals surface area contributed by atoms with Gasteiger partial charge in [-0.05, 0) is 36.8 Å². The molecule has 26 heavy (non-hydrogen) atoms. The molecule has 130 valence electrons. The van der Waals surface area contributed by atoms with Crippen molar-refractivity contribution < 1.29 is 14.4 Å². The summed E-state index contributed by atoms with van der Waals surface area (Å²) in [4.78, 5) is 12.4. The molecular weight excluding hydrogens is 375 g/mol. The Kier molecular flexibility index (Phi) is 3.98. The molecule has 1 amide bonds. The molecule has 2 N–H and O–H groups in total. The number of benzene rings is 2. The summed E-state index contributed by atoms with van der Waals surface area (Å²) >= 11 is 12.3. The second-order valence-corrected chi connectivity index (χ2v) is 6.74. The molecule has 0 aliphatic carbocycles. The summed E-state index contributed by atoms with van der Waals surface area (Å²) in [5.41, 5.74) is 3.34. The van der Waals surface area contributed by atoms with Crippen LogP contribution in [0.15, 0.2) is 47.0 Å². The summed E-state index contributed by atoms with van der Waals surface area (Å²) in [5, 5.41) is 18.1.